The molecule has 164 valence electrons. The molecular formula is C23H36O6. The van der Waals surface area contributed by atoms with Crippen molar-refractivity contribution in [3.63, 3.8) is 0 Å². The molecule has 2 unspecified atom stereocenters. The van der Waals surface area contributed by atoms with Gasteiger partial charge in [-0.05, 0) is 36.3 Å². The summed E-state index contributed by atoms with van der Waals surface area (Å²) in [5, 5.41) is 35.3. The quantitative estimate of drug-likeness (QED) is 0.573. The zero-order valence-electron chi connectivity index (χ0n) is 18.7. The molecule has 6 heteroatoms. The Kier molecular flexibility index (Phi) is 4.53. The summed E-state index contributed by atoms with van der Waals surface area (Å²) in [4.78, 5) is 13.9. The van der Waals surface area contributed by atoms with Gasteiger partial charge in [0, 0.05) is 30.3 Å². The Hall–Kier alpha value is -0.790. The monoisotopic (exact) mass is 408 g/mol. The van der Waals surface area contributed by atoms with Crippen molar-refractivity contribution in [2.45, 2.75) is 83.9 Å². The minimum atomic E-state index is -1.34. The molecule has 0 aromatic carbocycles. The average molecular weight is 409 g/mol. The van der Waals surface area contributed by atoms with Gasteiger partial charge >= 0.3 is 0 Å². The Balaban J connectivity index is 2.01. The van der Waals surface area contributed by atoms with E-state index >= 15 is 0 Å². The van der Waals surface area contributed by atoms with Gasteiger partial charge in [0.1, 0.15) is 11.7 Å². The first-order valence-electron chi connectivity index (χ1n) is 10.8. The Morgan fingerprint density at radius 3 is 2.31 bits per heavy atom. The molecule has 1 heterocycles. The van der Waals surface area contributed by atoms with Gasteiger partial charge in [0.15, 0.2) is 5.78 Å². The van der Waals surface area contributed by atoms with Crippen molar-refractivity contribution >= 4 is 5.78 Å². The smallest absolute Gasteiger partial charge is 0.172 e. The normalized spacial score (nSPS) is 54.1. The lowest BCUT2D eigenvalue weighted by Crippen LogP contribution is -2.77. The third-order valence-corrected chi connectivity index (χ3v) is 9.60. The van der Waals surface area contributed by atoms with Gasteiger partial charge in [-0.2, -0.15) is 0 Å². The maximum absolute atomic E-state index is 13.9. The largest absolute Gasteiger partial charge is 0.389 e. The first kappa shape index (κ1) is 21.4. The lowest BCUT2D eigenvalue weighted by Gasteiger charge is -2.68. The van der Waals surface area contributed by atoms with Gasteiger partial charge in [-0.15, -0.1) is 0 Å². The standard InChI is InChI=1S/C23H36O6/c1-11-8-15-22(26,10-29-15)18-13(3)23(27)9-14(28-7)12(2)16(20(23,4)5)17(24)19(25)21(11,18)6/h11,13-15,17-18,24,26-27H,8-10H2,1-7H3/t11-,13?,14-,15+,17+,18?,21+,22-,23+/m0/s1. The van der Waals surface area contributed by atoms with Crippen molar-refractivity contribution in [3.8, 4) is 0 Å². The number of hydrogen-bond donors (Lipinski definition) is 3. The summed E-state index contributed by atoms with van der Waals surface area (Å²) in [6.45, 7) is 11.7. The van der Waals surface area contributed by atoms with E-state index in [0.29, 0.717) is 18.4 Å². The van der Waals surface area contributed by atoms with Gasteiger partial charge in [-0.25, -0.2) is 0 Å². The summed E-state index contributed by atoms with van der Waals surface area (Å²) in [6, 6.07) is 0. The first-order valence-corrected chi connectivity index (χ1v) is 10.8. The molecule has 0 aromatic heterocycles. The molecule has 4 rings (SSSR count). The molecule has 3 N–H and O–H groups in total. The molecule has 0 aromatic rings. The number of aliphatic hydroxyl groups is 3. The van der Waals surface area contributed by atoms with Crippen LogP contribution in [0.3, 0.4) is 0 Å². The fourth-order valence-electron chi connectivity index (χ4n) is 7.54. The van der Waals surface area contributed by atoms with E-state index in [9.17, 15) is 20.1 Å². The van der Waals surface area contributed by atoms with Gasteiger partial charge < -0.3 is 24.8 Å². The Morgan fingerprint density at radius 1 is 1.17 bits per heavy atom. The molecule has 0 spiro atoms. The second kappa shape index (κ2) is 6.13. The zero-order chi connectivity index (χ0) is 21.7. The molecule has 0 radical (unpaired) electrons. The van der Waals surface area contributed by atoms with Gasteiger partial charge in [-0.1, -0.05) is 34.6 Å². The van der Waals surface area contributed by atoms with Crippen LogP contribution in [-0.2, 0) is 14.3 Å². The third-order valence-electron chi connectivity index (χ3n) is 9.60. The van der Waals surface area contributed by atoms with Crippen LogP contribution in [0, 0.1) is 28.6 Å². The predicted octanol–water partition coefficient (Wildman–Crippen LogP) is 1.85. The number of aliphatic hydroxyl groups excluding tert-OH is 1. The fraction of sp³-hybridized carbons (Fsp3) is 0.870. The maximum atomic E-state index is 13.9. The van der Waals surface area contributed by atoms with E-state index in [4.69, 9.17) is 9.47 Å². The van der Waals surface area contributed by atoms with Gasteiger partial charge in [0.25, 0.3) is 0 Å². The Labute approximate surface area is 173 Å². The SMILES string of the molecule is CO[C@H]1C[C@@]2(O)C(C)C3[C@]4(O)CO[C@@H]4C[C@H](C)[C@@]3(C)C(=O)[C@H](O)C(=C1C)C2(C)C. The van der Waals surface area contributed by atoms with Crippen LogP contribution in [-0.4, -0.2) is 64.3 Å². The van der Waals surface area contributed by atoms with E-state index in [1.54, 1.807) is 7.11 Å². The minimum absolute atomic E-state index is 0.0904. The number of hydrogen-bond acceptors (Lipinski definition) is 6. The number of fused-ring (bicyclic) bond motifs is 5. The lowest BCUT2D eigenvalue weighted by atomic mass is 9.41. The number of ether oxygens (including phenoxy) is 2. The van der Waals surface area contributed by atoms with Crippen LogP contribution >= 0.6 is 0 Å². The number of ketones is 1. The number of rotatable bonds is 1. The van der Waals surface area contributed by atoms with Crippen molar-refractivity contribution in [2.75, 3.05) is 13.7 Å². The molecule has 29 heavy (non-hydrogen) atoms. The second-order valence-corrected chi connectivity index (χ2v) is 10.8. The summed E-state index contributed by atoms with van der Waals surface area (Å²) in [5.41, 5.74) is -2.87. The predicted molar refractivity (Wildman–Crippen MR) is 107 cm³/mol. The second-order valence-electron chi connectivity index (χ2n) is 10.8. The Bertz CT molecular complexity index is 773. The van der Waals surface area contributed by atoms with E-state index in [0.717, 1.165) is 5.57 Å². The summed E-state index contributed by atoms with van der Waals surface area (Å²) >= 11 is 0. The molecule has 1 saturated heterocycles. The average Bonchev–Trinajstić information content (AvgIpc) is 2.65. The molecule has 1 aliphatic heterocycles. The van der Waals surface area contributed by atoms with Gasteiger partial charge in [-0.3, -0.25) is 4.79 Å². The van der Waals surface area contributed by atoms with Crippen molar-refractivity contribution in [1.82, 2.24) is 0 Å². The zero-order valence-corrected chi connectivity index (χ0v) is 18.7. The molecule has 2 saturated carbocycles. The van der Waals surface area contributed by atoms with Crippen LogP contribution in [0.5, 0.6) is 0 Å². The number of carbonyl (C=O) groups excluding carboxylic acids is 1. The number of Topliss-reactive ketones (excluding diaryl/α,β-unsaturated/α-hetero) is 1. The van der Waals surface area contributed by atoms with Crippen molar-refractivity contribution in [3.05, 3.63) is 11.1 Å². The molecule has 2 bridgehead atoms. The summed E-state index contributed by atoms with van der Waals surface area (Å²) in [6.07, 6.45) is -1.14. The lowest BCUT2D eigenvalue weighted by molar-refractivity contribution is -0.329. The summed E-state index contributed by atoms with van der Waals surface area (Å²) in [7, 11) is 1.59. The molecular weight excluding hydrogens is 372 g/mol. The molecule has 6 nitrogen and oxygen atoms in total. The van der Waals surface area contributed by atoms with Gasteiger partial charge in [0.05, 0.1) is 24.4 Å². The Morgan fingerprint density at radius 2 is 1.79 bits per heavy atom. The van der Waals surface area contributed by atoms with E-state index in [1.807, 2.05) is 41.5 Å². The van der Waals surface area contributed by atoms with Crippen molar-refractivity contribution in [1.29, 1.82) is 0 Å². The van der Waals surface area contributed by atoms with Crippen LogP contribution in [0.1, 0.15) is 54.4 Å². The molecule has 3 aliphatic carbocycles. The highest BCUT2D eigenvalue weighted by Crippen LogP contribution is 2.65. The van der Waals surface area contributed by atoms with E-state index in [-0.39, 0.29) is 30.5 Å². The van der Waals surface area contributed by atoms with Crippen molar-refractivity contribution in [2.24, 2.45) is 28.6 Å². The van der Waals surface area contributed by atoms with Crippen LogP contribution in [0.4, 0.5) is 0 Å². The van der Waals surface area contributed by atoms with Crippen LogP contribution in [0.15, 0.2) is 11.1 Å². The molecule has 0 amide bonds. The maximum Gasteiger partial charge on any atom is 0.172 e. The summed E-state index contributed by atoms with van der Waals surface area (Å²) < 4.78 is 11.4. The number of carbonyl (C=O) groups is 1. The van der Waals surface area contributed by atoms with Crippen molar-refractivity contribution < 1.29 is 29.6 Å². The molecule has 9 atom stereocenters. The van der Waals surface area contributed by atoms with Crippen LogP contribution < -0.4 is 0 Å². The van der Waals surface area contributed by atoms with Gasteiger partial charge in [0.2, 0.25) is 0 Å². The highest BCUT2D eigenvalue weighted by atomic mass is 16.6. The highest BCUT2D eigenvalue weighted by Gasteiger charge is 2.73. The number of methoxy groups -OCH3 is 1. The van der Waals surface area contributed by atoms with E-state index in [1.165, 1.54) is 0 Å². The minimum Gasteiger partial charge on any atom is -0.389 e. The third kappa shape index (κ3) is 2.27. The highest BCUT2D eigenvalue weighted by molar-refractivity contribution is 5.93. The molecule has 4 aliphatic rings. The van der Waals surface area contributed by atoms with Crippen LogP contribution in [0.2, 0.25) is 0 Å². The van der Waals surface area contributed by atoms with Crippen LogP contribution in [0.25, 0.3) is 0 Å². The topological polar surface area (TPSA) is 96.2 Å². The fourth-order valence-corrected chi connectivity index (χ4v) is 7.54. The first-order chi connectivity index (χ1) is 13.3. The summed E-state index contributed by atoms with van der Waals surface area (Å²) in [5.74, 6) is -1.28. The van der Waals surface area contributed by atoms with E-state index < -0.39 is 40.0 Å². The van der Waals surface area contributed by atoms with E-state index in [2.05, 4.69) is 0 Å². The molecule has 3 fully saturated rings.